The van der Waals surface area contributed by atoms with Gasteiger partial charge in [0.2, 0.25) is 5.76 Å². The number of pyridine rings is 1. The predicted molar refractivity (Wildman–Crippen MR) is 108 cm³/mol. The average Bonchev–Trinajstić information content (AvgIpc) is 3.19. The van der Waals surface area contributed by atoms with Gasteiger partial charge in [-0.15, -0.1) is 0 Å². The van der Waals surface area contributed by atoms with Gasteiger partial charge >= 0.3 is 0 Å². The van der Waals surface area contributed by atoms with E-state index in [1.807, 2.05) is 25.3 Å². The number of aromatic nitrogens is 4. The van der Waals surface area contributed by atoms with Gasteiger partial charge in [0, 0.05) is 42.7 Å². The first-order chi connectivity index (χ1) is 14.1. The fourth-order valence-electron chi connectivity index (χ4n) is 3.99. The Balaban J connectivity index is 1.39. The molecule has 150 valence electrons. The first kappa shape index (κ1) is 19.2. The van der Waals surface area contributed by atoms with Crippen LogP contribution in [0.5, 0.6) is 0 Å². The van der Waals surface area contributed by atoms with Crippen molar-refractivity contribution in [2.45, 2.75) is 45.4 Å². The third kappa shape index (κ3) is 4.50. The molecule has 1 aliphatic carbocycles. The van der Waals surface area contributed by atoms with Crippen LogP contribution < -0.4 is 5.32 Å². The lowest BCUT2D eigenvalue weighted by molar-refractivity contribution is 0.0906. The van der Waals surface area contributed by atoms with Gasteiger partial charge in [-0.25, -0.2) is 9.97 Å². The zero-order valence-corrected chi connectivity index (χ0v) is 16.8. The molecular weight excluding hydrogens is 366 g/mol. The van der Waals surface area contributed by atoms with E-state index in [2.05, 4.69) is 20.4 Å². The first-order valence-corrected chi connectivity index (χ1v) is 10.1. The smallest absolute Gasteiger partial charge is 0.289 e. The minimum atomic E-state index is -0.195. The van der Waals surface area contributed by atoms with Gasteiger partial charge in [-0.2, -0.15) is 0 Å². The Labute approximate surface area is 170 Å². The summed E-state index contributed by atoms with van der Waals surface area (Å²) in [5.74, 6) is 1.75. The number of rotatable bonds is 5. The summed E-state index contributed by atoms with van der Waals surface area (Å²) in [6.45, 7) is 4.40. The van der Waals surface area contributed by atoms with Gasteiger partial charge < -0.3 is 9.84 Å². The van der Waals surface area contributed by atoms with E-state index in [0.29, 0.717) is 24.1 Å². The average molecular weight is 391 g/mol. The molecule has 1 saturated carbocycles. The van der Waals surface area contributed by atoms with Gasteiger partial charge in [-0.1, -0.05) is 5.16 Å². The summed E-state index contributed by atoms with van der Waals surface area (Å²) in [4.78, 5) is 25.5. The molecule has 0 atom stereocenters. The highest BCUT2D eigenvalue weighted by Crippen LogP contribution is 2.38. The number of aryl methyl sites for hydroxylation is 2. The molecule has 3 heterocycles. The van der Waals surface area contributed by atoms with Crippen molar-refractivity contribution in [1.82, 2.24) is 25.4 Å². The van der Waals surface area contributed by atoms with Crippen LogP contribution in [0.3, 0.4) is 0 Å². The zero-order valence-electron chi connectivity index (χ0n) is 16.8. The van der Waals surface area contributed by atoms with Crippen LogP contribution in [0.4, 0.5) is 0 Å². The Bertz CT molecular complexity index is 978. The number of carbonyl (C=O) groups excluding carboxylic acids is 1. The lowest BCUT2D eigenvalue weighted by Crippen LogP contribution is -2.31. The van der Waals surface area contributed by atoms with Crippen LogP contribution in [-0.4, -0.2) is 32.6 Å². The van der Waals surface area contributed by atoms with Crippen molar-refractivity contribution >= 4 is 5.91 Å². The number of carbonyl (C=O) groups is 1. The first-order valence-electron chi connectivity index (χ1n) is 10.1. The van der Waals surface area contributed by atoms with Crippen molar-refractivity contribution in [3.8, 4) is 11.1 Å². The monoisotopic (exact) mass is 391 g/mol. The fraction of sp³-hybridized carbons (Fsp3) is 0.409. The molecule has 7 heteroatoms. The summed E-state index contributed by atoms with van der Waals surface area (Å²) in [6.07, 6.45) is 9.74. The second-order valence-corrected chi connectivity index (χ2v) is 7.71. The van der Waals surface area contributed by atoms with Crippen LogP contribution in [0.1, 0.15) is 59.4 Å². The van der Waals surface area contributed by atoms with Crippen LogP contribution in [0.25, 0.3) is 11.1 Å². The van der Waals surface area contributed by atoms with Gasteiger partial charge in [-0.05, 0) is 63.1 Å². The summed E-state index contributed by atoms with van der Waals surface area (Å²) in [5.41, 5.74) is 4.03. The Hall–Kier alpha value is -3.09. The predicted octanol–water partition coefficient (Wildman–Crippen LogP) is 3.85. The van der Waals surface area contributed by atoms with Gasteiger partial charge in [0.25, 0.3) is 5.91 Å². The van der Waals surface area contributed by atoms with E-state index in [-0.39, 0.29) is 11.7 Å². The van der Waals surface area contributed by atoms with Crippen molar-refractivity contribution in [1.29, 1.82) is 0 Å². The summed E-state index contributed by atoms with van der Waals surface area (Å²) in [6, 6.07) is 5.66. The van der Waals surface area contributed by atoms with Gasteiger partial charge in [0.15, 0.2) is 0 Å². The van der Waals surface area contributed by atoms with Gasteiger partial charge in [0.05, 0.1) is 11.4 Å². The van der Waals surface area contributed by atoms with Crippen LogP contribution >= 0.6 is 0 Å². The minimum absolute atomic E-state index is 0.195. The van der Waals surface area contributed by atoms with E-state index in [0.717, 1.165) is 48.3 Å². The highest BCUT2D eigenvalue weighted by Gasteiger charge is 2.26. The minimum Gasteiger partial charge on any atom is -0.351 e. The number of nitrogens with one attached hydrogen (secondary N) is 1. The number of amides is 1. The second kappa shape index (κ2) is 8.51. The van der Waals surface area contributed by atoms with Crippen LogP contribution in [0.2, 0.25) is 0 Å². The van der Waals surface area contributed by atoms with E-state index in [1.165, 1.54) is 0 Å². The van der Waals surface area contributed by atoms with E-state index in [1.54, 1.807) is 25.4 Å². The topological polar surface area (TPSA) is 93.8 Å². The molecule has 1 fully saturated rings. The van der Waals surface area contributed by atoms with E-state index < -0.39 is 0 Å². The van der Waals surface area contributed by atoms with E-state index in [9.17, 15) is 4.79 Å². The van der Waals surface area contributed by atoms with Crippen molar-refractivity contribution in [3.63, 3.8) is 0 Å². The molecule has 1 amide bonds. The molecule has 4 rings (SSSR count). The molecule has 0 saturated heterocycles. The molecule has 29 heavy (non-hydrogen) atoms. The molecule has 1 N–H and O–H groups in total. The zero-order chi connectivity index (χ0) is 20.2. The number of hydrogen-bond donors (Lipinski definition) is 1. The highest BCUT2D eigenvalue weighted by molar-refractivity contribution is 5.91. The molecule has 3 aromatic rings. The second-order valence-electron chi connectivity index (χ2n) is 7.71. The van der Waals surface area contributed by atoms with Crippen LogP contribution in [-0.2, 0) is 0 Å². The lowest BCUT2D eigenvalue weighted by atomic mass is 9.79. The Kier molecular flexibility index (Phi) is 5.64. The van der Waals surface area contributed by atoms with Gasteiger partial charge in [0.1, 0.15) is 5.82 Å². The summed E-state index contributed by atoms with van der Waals surface area (Å²) >= 11 is 0. The molecule has 7 nitrogen and oxygen atoms in total. The molecular formula is C22H25N5O2. The quantitative estimate of drug-likeness (QED) is 0.710. The molecule has 0 aliphatic heterocycles. The highest BCUT2D eigenvalue weighted by atomic mass is 16.5. The van der Waals surface area contributed by atoms with Crippen molar-refractivity contribution < 1.29 is 9.32 Å². The standard InChI is InChI=1S/C22H25N5O2/c1-14-11-20(29-27-14)22(28)25-12-16-3-5-18(6-4-16)21-19(13-24-15(2)26-21)17-7-9-23-10-8-17/h7-11,13,16,18H,3-6,12H2,1-2H3,(H,25,28). The summed E-state index contributed by atoms with van der Waals surface area (Å²) in [7, 11) is 0. The Morgan fingerprint density at radius 3 is 2.62 bits per heavy atom. The molecule has 1 aliphatic rings. The maximum Gasteiger partial charge on any atom is 0.289 e. The fourth-order valence-corrected chi connectivity index (χ4v) is 3.99. The molecule has 0 radical (unpaired) electrons. The maximum atomic E-state index is 12.2. The van der Waals surface area contributed by atoms with Crippen LogP contribution in [0, 0.1) is 19.8 Å². The SMILES string of the molecule is Cc1cc(C(=O)NCC2CCC(c3nc(C)ncc3-c3ccncc3)CC2)on1. The molecule has 0 unspecified atom stereocenters. The Morgan fingerprint density at radius 1 is 1.17 bits per heavy atom. The maximum absolute atomic E-state index is 12.2. The molecule has 0 spiro atoms. The number of hydrogen-bond acceptors (Lipinski definition) is 6. The lowest BCUT2D eigenvalue weighted by Gasteiger charge is -2.29. The third-order valence-electron chi connectivity index (χ3n) is 5.57. The largest absolute Gasteiger partial charge is 0.351 e. The summed E-state index contributed by atoms with van der Waals surface area (Å²) in [5, 5.41) is 6.74. The molecule has 3 aromatic heterocycles. The Morgan fingerprint density at radius 2 is 1.93 bits per heavy atom. The molecule has 0 bridgehead atoms. The van der Waals surface area contributed by atoms with Gasteiger partial charge in [-0.3, -0.25) is 9.78 Å². The van der Waals surface area contributed by atoms with Crippen molar-refractivity contribution in [2.24, 2.45) is 5.92 Å². The molecule has 0 aromatic carbocycles. The summed E-state index contributed by atoms with van der Waals surface area (Å²) < 4.78 is 5.03. The van der Waals surface area contributed by atoms with Crippen molar-refractivity contribution in [3.05, 3.63) is 59.8 Å². The number of nitrogens with zero attached hydrogens (tertiary/aromatic N) is 4. The van der Waals surface area contributed by atoms with E-state index in [4.69, 9.17) is 9.51 Å². The van der Waals surface area contributed by atoms with Crippen LogP contribution in [0.15, 0.2) is 41.3 Å². The van der Waals surface area contributed by atoms with Crippen molar-refractivity contribution in [2.75, 3.05) is 6.54 Å². The third-order valence-corrected chi connectivity index (χ3v) is 5.57. The normalized spacial score (nSPS) is 19.1. The van der Waals surface area contributed by atoms with E-state index >= 15 is 0 Å².